The van der Waals surface area contributed by atoms with Gasteiger partial charge in [0, 0.05) is 11.8 Å². The second-order valence-corrected chi connectivity index (χ2v) is 3.65. The zero-order valence-electron chi connectivity index (χ0n) is 8.39. The third kappa shape index (κ3) is 1.08. The molecule has 0 saturated carbocycles. The van der Waals surface area contributed by atoms with E-state index in [0.29, 0.717) is 5.82 Å². The van der Waals surface area contributed by atoms with Gasteiger partial charge in [-0.25, -0.2) is 0 Å². The summed E-state index contributed by atoms with van der Waals surface area (Å²) in [7, 11) is 0. The number of aromatic nitrogens is 3. The molecule has 0 aliphatic heterocycles. The number of hydrogen-bond donors (Lipinski definition) is 4. The molecule has 0 aromatic carbocycles. The maximum Gasteiger partial charge on any atom is 0.103 e. The molecule has 3 rings (SSSR count). The Bertz CT molecular complexity index is 651. The second kappa shape index (κ2) is 2.70. The van der Waals surface area contributed by atoms with Crippen LogP contribution in [0.5, 0.6) is 0 Å². The molecule has 5 N–H and O–H groups in total. The fraction of sp³-hybridized carbons (Fsp3) is 0.0909. The zero-order chi connectivity index (χ0) is 10.4. The maximum atomic E-state index is 5.69. The van der Waals surface area contributed by atoms with Crippen molar-refractivity contribution >= 4 is 34.0 Å². The highest BCUT2D eigenvalue weighted by atomic mass is 14.9. The standard InChI is InChI=1S/C11H12N4/c1-2-3-6-4-7-10(13-6)11-8(14-7)5-9(12)15-11/h2-5,13-15H,12H2,1H3/b3-2+. The largest absolute Gasteiger partial charge is 0.385 e. The molecule has 3 aromatic heterocycles. The molecule has 76 valence electrons. The van der Waals surface area contributed by atoms with Crippen molar-refractivity contribution in [1.29, 1.82) is 0 Å². The molecule has 0 atom stereocenters. The van der Waals surface area contributed by atoms with Gasteiger partial charge in [-0.1, -0.05) is 6.08 Å². The third-order valence-corrected chi connectivity index (χ3v) is 2.54. The van der Waals surface area contributed by atoms with Crippen LogP contribution < -0.4 is 5.73 Å². The molecule has 15 heavy (non-hydrogen) atoms. The summed E-state index contributed by atoms with van der Waals surface area (Å²) in [5.74, 6) is 0.681. The summed E-state index contributed by atoms with van der Waals surface area (Å²) >= 11 is 0. The monoisotopic (exact) mass is 200 g/mol. The van der Waals surface area contributed by atoms with E-state index < -0.39 is 0 Å². The van der Waals surface area contributed by atoms with Gasteiger partial charge in [-0.2, -0.15) is 0 Å². The summed E-state index contributed by atoms with van der Waals surface area (Å²) in [4.78, 5) is 9.76. The third-order valence-electron chi connectivity index (χ3n) is 2.54. The second-order valence-electron chi connectivity index (χ2n) is 3.65. The van der Waals surface area contributed by atoms with Crippen LogP contribution in [0.15, 0.2) is 18.2 Å². The number of hydrogen-bond acceptors (Lipinski definition) is 1. The zero-order valence-corrected chi connectivity index (χ0v) is 8.39. The Kier molecular flexibility index (Phi) is 1.48. The molecule has 0 amide bonds. The summed E-state index contributed by atoms with van der Waals surface area (Å²) < 4.78 is 0. The van der Waals surface area contributed by atoms with Gasteiger partial charge in [0.15, 0.2) is 0 Å². The number of H-pyrrole nitrogens is 3. The summed E-state index contributed by atoms with van der Waals surface area (Å²) in [6.45, 7) is 2.00. The molecule has 3 aromatic rings. The van der Waals surface area contributed by atoms with Crippen molar-refractivity contribution in [1.82, 2.24) is 15.0 Å². The van der Waals surface area contributed by atoms with Gasteiger partial charge in [-0.15, -0.1) is 0 Å². The van der Waals surface area contributed by atoms with Gasteiger partial charge in [0.05, 0.1) is 22.1 Å². The van der Waals surface area contributed by atoms with Crippen LogP contribution >= 0.6 is 0 Å². The van der Waals surface area contributed by atoms with E-state index in [1.165, 1.54) is 0 Å². The van der Waals surface area contributed by atoms with Gasteiger partial charge in [0.2, 0.25) is 0 Å². The van der Waals surface area contributed by atoms with E-state index in [2.05, 4.69) is 21.0 Å². The molecule has 4 heteroatoms. The van der Waals surface area contributed by atoms with Crippen LogP contribution in [-0.2, 0) is 0 Å². The normalized spacial score (nSPS) is 12.3. The van der Waals surface area contributed by atoms with Crippen molar-refractivity contribution in [2.75, 3.05) is 5.73 Å². The van der Waals surface area contributed by atoms with Crippen molar-refractivity contribution < 1.29 is 0 Å². The molecule has 0 fully saturated rings. The van der Waals surface area contributed by atoms with E-state index in [4.69, 9.17) is 5.73 Å². The lowest BCUT2D eigenvalue weighted by atomic mass is 10.4. The number of nitrogens with two attached hydrogens (primary N) is 1. The lowest BCUT2D eigenvalue weighted by molar-refractivity contribution is 1.41. The number of anilines is 1. The molecular weight excluding hydrogens is 188 g/mol. The SMILES string of the molecule is C/C=C/c1cc2[nH]c3cc(N)[nH]c3c2[nH]1. The Labute approximate surface area is 86.2 Å². The number of nitrogens with one attached hydrogen (secondary N) is 3. The number of nitrogen functional groups attached to an aromatic ring is 1. The van der Waals surface area contributed by atoms with E-state index in [0.717, 1.165) is 27.8 Å². The first-order valence-corrected chi connectivity index (χ1v) is 4.89. The van der Waals surface area contributed by atoms with Gasteiger partial charge in [-0.3, -0.25) is 0 Å². The Morgan fingerprint density at radius 2 is 1.80 bits per heavy atom. The van der Waals surface area contributed by atoms with E-state index in [1.54, 1.807) is 0 Å². The topological polar surface area (TPSA) is 73.4 Å². The molecule has 0 aliphatic carbocycles. The number of allylic oxidation sites excluding steroid dienone is 1. The van der Waals surface area contributed by atoms with E-state index >= 15 is 0 Å². The van der Waals surface area contributed by atoms with E-state index in [-0.39, 0.29) is 0 Å². The minimum absolute atomic E-state index is 0.681. The minimum atomic E-state index is 0.681. The average molecular weight is 200 g/mol. The van der Waals surface area contributed by atoms with Gasteiger partial charge in [-0.05, 0) is 19.1 Å². The fourth-order valence-corrected chi connectivity index (χ4v) is 1.96. The minimum Gasteiger partial charge on any atom is -0.385 e. The first-order valence-electron chi connectivity index (χ1n) is 4.89. The maximum absolute atomic E-state index is 5.69. The highest BCUT2D eigenvalue weighted by molar-refractivity contribution is 6.05. The highest BCUT2D eigenvalue weighted by Crippen LogP contribution is 2.26. The van der Waals surface area contributed by atoms with Crippen molar-refractivity contribution in [2.45, 2.75) is 6.92 Å². The molecule has 0 saturated heterocycles. The molecule has 3 heterocycles. The molecule has 0 bridgehead atoms. The number of aromatic amines is 3. The van der Waals surface area contributed by atoms with Crippen LogP contribution in [-0.4, -0.2) is 15.0 Å². The molecule has 0 radical (unpaired) electrons. The van der Waals surface area contributed by atoms with Crippen LogP contribution in [0.4, 0.5) is 5.82 Å². The Balaban J connectivity index is 2.34. The van der Waals surface area contributed by atoms with Crippen molar-refractivity contribution in [3.05, 3.63) is 23.9 Å². The Morgan fingerprint density at radius 3 is 2.60 bits per heavy atom. The predicted molar refractivity (Wildman–Crippen MR) is 63.6 cm³/mol. The fourth-order valence-electron chi connectivity index (χ4n) is 1.96. The summed E-state index contributed by atoms with van der Waals surface area (Å²) in [5, 5.41) is 0. The van der Waals surface area contributed by atoms with Gasteiger partial charge < -0.3 is 20.7 Å². The molecule has 0 spiro atoms. The van der Waals surface area contributed by atoms with Crippen LogP contribution in [0.2, 0.25) is 0 Å². The lowest BCUT2D eigenvalue weighted by Gasteiger charge is -1.83. The number of fused-ring (bicyclic) bond motifs is 3. The lowest BCUT2D eigenvalue weighted by Crippen LogP contribution is -1.81. The first-order chi connectivity index (χ1) is 7.28. The van der Waals surface area contributed by atoms with Crippen molar-refractivity contribution in [2.24, 2.45) is 0 Å². The molecule has 0 aliphatic rings. The Hall–Kier alpha value is -2.10. The average Bonchev–Trinajstić information content (AvgIpc) is 2.76. The summed E-state index contributed by atoms with van der Waals surface area (Å²) in [5.41, 5.74) is 11.0. The van der Waals surface area contributed by atoms with Gasteiger partial charge >= 0.3 is 0 Å². The summed E-state index contributed by atoms with van der Waals surface area (Å²) in [6.07, 6.45) is 4.04. The van der Waals surface area contributed by atoms with Crippen molar-refractivity contribution in [3.8, 4) is 0 Å². The quantitative estimate of drug-likeness (QED) is 0.479. The predicted octanol–water partition coefficient (Wildman–Crippen LogP) is 2.59. The first kappa shape index (κ1) is 8.23. The number of rotatable bonds is 1. The smallest absolute Gasteiger partial charge is 0.103 e. The van der Waals surface area contributed by atoms with Crippen LogP contribution in [0.1, 0.15) is 12.6 Å². The molecule has 4 nitrogen and oxygen atoms in total. The van der Waals surface area contributed by atoms with E-state index in [9.17, 15) is 0 Å². The van der Waals surface area contributed by atoms with Gasteiger partial charge in [0.1, 0.15) is 5.82 Å². The summed E-state index contributed by atoms with van der Waals surface area (Å²) in [6, 6.07) is 3.98. The van der Waals surface area contributed by atoms with E-state index in [1.807, 2.05) is 25.1 Å². The molecular formula is C11H12N4. The van der Waals surface area contributed by atoms with Crippen molar-refractivity contribution in [3.63, 3.8) is 0 Å². The van der Waals surface area contributed by atoms with Crippen LogP contribution in [0, 0.1) is 0 Å². The Morgan fingerprint density at radius 1 is 1.07 bits per heavy atom. The van der Waals surface area contributed by atoms with Gasteiger partial charge in [0.25, 0.3) is 0 Å². The molecule has 0 unspecified atom stereocenters. The van der Waals surface area contributed by atoms with Crippen LogP contribution in [0.25, 0.3) is 28.1 Å². The van der Waals surface area contributed by atoms with Crippen LogP contribution in [0.3, 0.4) is 0 Å². The highest BCUT2D eigenvalue weighted by Gasteiger charge is 2.08.